The van der Waals surface area contributed by atoms with Crippen molar-refractivity contribution in [3.05, 3.63) is 29.3 Å². The molecule has 1 aliphatic heterocycles. The van der Waals surface area contributed by atoms with Gasteiger partial charge in [0.05, 0.1) is 11.9 Å². The minimum absolute atomic E-state index is 0.124. The standard InChI is InChI=1S/C19H24BNO7/c1-12(22)21-16-10-14-8-5-9-15(17(14)28-20(16)25)19(24)27-11-26-18(23)13-6-3-2-4-7-13/h5,8-9,13,16,25H,2-4,6-7,10-11H2,1H3,(H,21,22). The second-order valence-electron chi connectivity index (χ2n) is 7.16. The third-order valence-corrected chi connectivity index (χ3v) is 5.06. The molecule has 9 heteroatoms. The largest absolute Gasteiger partial charge is 0.547 e. The molecule has 1 fully saturated rings. The minimum Gasteiger partial charge on any atom is -0.534 e. The van der Waals surface area contributed by atoms with Crippen LogP contribution >= 0.6 is 0 Å². The fourth-order valence-corrected chi connectivity index (χ4v) is 3.64. The predicted octanol–water partition coefficient (Wildman–Crippen LogP) is 1.38. The molecule has 1 aromatic carbocycles. The molecule has 1 aliphatic carbocycles. The van der Waals surface area contributed by atoms with E-state index in [-0.39, 0.29) is 29.1 Å². The Balaban J connectivity index is 1.59. The molecule has 0 bridgehead atoms. The van der Waals surface area contributed by atoms with E-state index in [1.54, 1.807) is 12.1 Å². The second kappa shape index (κ2) is 9.10. The van der Waals surface area contributed by atoms with Gasteiger partial charge in [-0.15, -0.1) is 0 Å². The summed E-state index contributed by atoms with van der Waals surface area (Å²) in [6.45, 7) is 0.888. The lowest BCUT2D eigenvalue weighted by Gasteiger charge is -2.28. The molecule has 0 aromatic heterocycles. The van der Waals surface area contributed by atoms with Crippen molar-refractivity contribution in [2.24, 2.45) is 5.92 Å². The summed E-state index contributed by atoms with van der Waals surface area (Å²) in [6.07, 6.45) is 5.07. The Kier molecular flexibility index (Phi) is 6.56. The second-order valence-corrected chi connectivity index (χ2v) is 7.16. The van der Waals surface area contributed by atoms with E-state index in [0.29, 0.717) is 12.0 Å². The van der Waals surface area contributed by atoms with Crippen LogP contribution in [0.25, 0.3) is 0 Å². The van der Waals surface area contributed by atoms with E-state index in [1.807, 2.05) is 0 Å². The highest BCUT2D eigenvalue weighted by Crippen LogP contribution is 2.30. The van der Waals surface area contributed by atoms with E-state index in [2.05, 4.69) is 5.32 Å². The van der Waals surface area contributed by atoms with Gasteiger partial charge in [-0.25, -0.2) is 4.79 Å². The Morgan fingerprint density at radius 2 is 1.96 bits per heavy atom. The summed E-state index contributed by atoms with van der Waals surface area (Å²) in [7, 11) is -1.28. The maximum absolute atomic E-state index is 12.4. The van der Waals surface area contributed by atoms with Crippen molar-refractivity contribution < 1.29 is 33.5 Å². The topological polar surface area (TPSA) is 111 Å². The maximum atomic E-state index is 12.4. The van der Waals surface area contributed by atoms with Crippen molar-refractivity contribution in [3.8, 4) is 5.75 Å². The number of rotatable bonds is 5. The summed E-state index contributed by atoms with van der Waals surface area (Å²) in [5.74, 6) is -1.86. The number of hydrogen-bond acceptors (Lipinski definition) is 7. The molecular formula is C19H24BNO7. The zero-order valence-electron chi connectivity index (χ0n) is 15.8. The number of carbonyl (C=O) groups excluding carboxylic acids is 3. The highest BCUT2D eigenvalue weighted by atomic mass is 16.7. The Hall–Kier alpha value is -2.55. The molecule has 8 nitrogen and oxygen atoms in total. The van der Waals surface area contributed by atoms with Gasteiger partial charge in [-0.3, -0.25) is 9.59 Å². The first-order valence-electron chi connectivity index (χ1n) is 9.53. The van der Waals surface area contributed by atoms with Crippen LogP contribution in [0.4, 0.5) is 0 Å². The molecule has 1 amide bonds. The van der Waals surface area contributed by atoms with Gasteiger partial charge in [0.1, 0.15) is 11.3 Å². The summed E-state index contributed by atoms with van der Waals surface area (Å²) < 4.78 is 15.6. The highest BCUT2D eigenvalue weighted by molar-refractivity contribution is 6.47. The minimum atomic E-state index is -1.28. The van der Waals surface area contributed by atoms with Crippen molar-refractivity contribution in [2.45, 2.75) is 51.4 Å². The zero-order chi connectivity index (χ0) is 20.1. The van der Waals surface area contributed by atoms with Crippen LogP contribution in [0.1, 0.15) is 54.9 Å². The summed E-state index contributed by atoms with van der Waals surface area (Å²) in [4.78, 5) is 35.6. The molecule has 2 N–H and O–H groups in total. The van der Waals surface area contributed by atoms with Gasteiger partial charge >= 0.3 is 19.1 Å². The van der Waals surface area contributed by atoms with Crippen LogP contribution in [0.2, 0.25) is 0 Å². The quantitative estimate of drug-likeness (QED) is 0.445. The normalized spacial score (nSPS) is 19.2. The Morgan fingerprint density at radius 1 is 1.21 bits per heavy atom. The van der Waals surface area contributed by atoms with Crippen LogP contribution in [0, 0.1) is 5.92 Å². The zero-order valence-corrected chi connectivity index (χ0v) is 15.8. The van der Waals surface area contributed by atoms with Crippen LogP contribution in [-0.4, -0.2) is 42.7 Å². The van der Waals surface area contributed by atoms with Gasteiger partial charge in [0.15, 0.2) is 0 Å². The number of hydrogen-bond donors (Lipinski definition) is 2. The molecule has 2 aliphatic rings. The number of fused-ring (bicyclic) bond motifs is 1. The number of esters is 2. The van der Waals surface area contributed by atoms with Gasteiger partial charge in [0, 0.05) is 6.92 Å². The monoisotopic (exact) mass is 389 g/mol. The van der Waals surface area contributed by atoms with Crippen molar-refractivity contribution in [3.63, 3.8) is 0 Å². The molecule has 0 radical (unpaired) electrons. The predicted molar refractivity (Wildman–Crippen MR) is 99.3 cm³/mol. The van der Waals surface area contributed by atoms with E-state index >= 15 is 0 Å². The molecule has 1 unspecified atom stereocenters. The maximum Gasteiger partial charge on any atom is 0.547 e. The molecule has 0 spiro atoms. The van der Waals surface area contributed by atoms with Crippen LogP contribution in [0.5, 0.6) is 5.75 Å². The van der Waals surface area contributed by atoms with E-state index in [4.69, 9.17) is 14.1 Å². The van der Waals surface area contributed by atoms with Crippen molar-refractivity contribution in [1.82, 2.24) is 5.32 Å². The van der Waals surface area contributed by atoms with Gasteiger partial charge in [0.2, 0.25) is 12.7 Å². The van der Waals surface area contributed by atoms with Gasteiger partial charge in [-0.05, 0) is 30.9 Å². The van der Waals surface area contributed by atoms with Crippen LogP contribution < -0.4 is 9.97 Å². The number of amides is 1. The number of ether oxygens (including phenoxy) is 2. The third kappa shape index (κ3) is 4.84. The first-order chi connectivity index (χ1) is 13.5. The molecule has 1 saturated carbocycles. The van der Waals surface area contributed by atoms with Crippen LogP contribution in [0.15, 0.2) is 18.2 Å². The number of benzene rings is 1. The first-order valence-corrected chi connectivity index (χ1v) is 9.53. The first kappa shape index (κ1) is 20.2. The lowest BCUT2D eigenvalue weighted by molar-refractivity contribution is -0.158. The Morgan fingerprint density at radius 3 is 2.68 bits per heavy atom. The lowest BCUT2D eigenvalue weighted by atomic mass is 9.72. The molecule has 3 rings (SSSR count). The van der Waals surface area contributed by atoms with Crippen molar-refractivity contribution in [1.29, 1.82) is 0 Å². The third-order valence-electron chi connectivity index (χ3n) is 5.06. The van der Waals surface area contributed by atoms with Crippen LogP contribution in [0.3, 0.4) is 0 Å². The average Bonchev–Trinajstić information content (AvgIpc) is 2.68. The molecule has 1 aromatic rings. The van der Waals surface area contributed by atoms with Crippen LogP contribution in [-0.2, 0) is 25.5 Å². The summed E-state index contributed by atoms with van der Waals surface area (Å²) in [5, 5.41) is 12.7. The number of nitrogens with one attached hydrogen (secondary N) is 1. The van der Waals surface area contributed by atoms with Gasteiger partial charge in [0.25, 0.3) is 0 Å². The smallest absolute Gasteiger partial charge is 0.534 e. The fourth-order valence-electron chi connectivity index (χ4n) is 3.64. The van der Waals surface area contributed by atoms with E-state index < -0.39 is 25.8 Å². The SMILES string of the molecule is CC(=O)NC1Cc2cccc(C(=O)OCOC(=O)C3CCCCC3)c2OB1O. The molecular weight excluding hydrogens is 365 g/mol. The van der Waals surface area contributed by atoms with Crippen molar-refractivity contribution in [2.75, 3.05) is 6.79 Å². The molecule has 1 heterocycles. The molecule has 28 heavy (non-hydrogen) atoms. The number of carbonyl (C=O) groups is 3. The van der Waals surface area contributed by atoms with Gasteiger partial charge < -0.3 is 24.5 Å². The Labute approximate surface area is 163 Å². The number of para-hydroxylation sites is 1. The Bertz CT molecular complexity index is 748. The lowest BCUT2D eigenvalue weighted by Crippen LogP contribution is -2.52. The summed E-state index contributed by atoms with van der Waals surface area (Å²) >= 11 is 0. The molecule has 150 valence electrons. The van der Waals surface area contributed by atoms with Gasteiger partial charge in [-0.2, -0.15) is 0 Å². The summed E-state index contributed by atoms with van der Waals surface area (Å²) in [5.41, 5.74) is 0.796. The van der Waals surface area contributed by atoms with Gasteiger partial charge in [-0.1, -0.05) is 31.4 Å². The summed E-state index contributed by atoms with van der Waals surface area (Å²) in [6, 6.07) is 4.92. The molecule has 0 saturated heterocycles. The highest BCUT2D eigenvalue weighted by Gasteiger charge is 2.37. The molecule has 1 atom stereocenters. The van der Waals surface area contributed by atoms with E-state index in [1.165, 1.54) is 13.0 Å². The van der Waals surface area contributed by atoms with E-state index in [9.17, 15) is 19.4 Å². The fraction of sp³-hybridized carbons (Fsp3) is 0.526. The average molecular weight is 389 g/mol. The van der Waals surface area contributed by atoms with Crippen molar-refractivity contribution >= 4 is 25.0 Å². The van der Waals surface area contributed by atoms with E-state index in [0.717, 1.165) is 32.1 Å².